The van der Waals surface area contributed by atoms with Crippen LogP contribution in [0.15, 0.2) is 42.6 Å². The van der Waals surface area contributed by atoms with Crippen molar-refractivity contribution in [1.29, 1.82) is 0 Å². The van der Waals surface area contributed by atoms with Crippen molar-refractivity contribution in [2.45, 2.75) is 26.4 Å². The summed E-state index contributed by atoms with van der Waals surface area (Å²) in [7, 11) is 0. The molecule has 3 nitrogen and oxygen atoms in total. The van der Waals surface area contributed by atoms with Gasteiger partial charge in [-0.3, -0.25) is 4.98 Å². The number of aryl methyl sites for hydroxylation is 1. The molecular formula is C15H17NO2. The van der Waals surface area contributed by atoms with Crippen LogP contribution < -0.4 is 4.74 Å². The normalized spacial score (nSPS) is 12.2. The fourth-order valence-corrected chi connectivity index (χ4v) is 1.63. The summed E-state index contributed by atoms with van der Waals surface area (Å²) >= 11 is 0. The van der Waals surface area contributed by atoms with E-state index in [2.05, 4.69) is 11.9 Å². The van der Waals surface area contributed by atoms with Crippen LogP contribution in [0.1, 0.15) is 31.2 Å². The number of pyridine rings is 1. The monoisotopic (exact) mass is 243 g/mol. The van der Waals surface area contributed by atoms with Gasteiger partial charge in [-0.05, 0) is 43.2 Å². The molecule has 0 saturated carbocycles. The first-order valence-electron chi connectivity index (χ1n) is 6.10. The van der Waals surface area contributed by atoms with Crippen LogP contribution in [0.2, 0.25) is 0 Å². The summed E-state index contributed by atoms with van der Waals surface area (Å²) in [5.41, 5.74) is 1.92. The van der Waals surface area contributed by atoms with E-state index in [1.54, 1.807) is 19.2 Å². The molecule has 1 atom stereocenters. The Morgan fingerprint density at radius 2 is 1.78 bits per heavy atom. The second kappa shape index (κ2) is 5.65. The standard InChI is InChI=1S/C15H17NO2/c1-3-12-4-6-13(7-5-12)18-14-8-9-15(11(2)17)16-10-14/h4-11,17H,3H2,1-2H3. The Labute approximate surface area is 107 Å². The molecule has 1 aromatic heterocycles. The maximum Gasteiger partial charge on any atom is 0.145 e. The zero-order valence-electron chi connectivity index (χ0n) is 10.6. The third kappa shape index (κ3) is 3.08. The molecule has 1 aromatic carbocycles. The van der Waals surface area contributed by atoms with E-state index in [0.717, 1.165) is 12.2 Å². The molecule has 0 aliphatic rings. The van der Waals surface area contributed by atoms with Crippen molar-refractivity contribution in [3.8, 4) is 11.5 Å². The Bertz CT molecular complexity index is 489. The second-order valence-electron chi connectivity index (χ2n) is 4.19. The van der Waals surface area contributed by atoms with Crippen LogP contribution in [0.25, 0.3) is 0 Å². The first kappa shape index (κ1) is 12.6. The lowest BCUT2D eigenvalue weighted by Crippen LogP contribution is -1.95. The molecule has 0 aliphatic heterocycles. The van der Waals surface area contributed by atoms with Gasteiger partial charge in [0.1, 0.15) is 11.5 Å². The van der Waals surface area contributed by atoms with Crippen LogP contribution in [0.4, 0.5) is 0 Å². The van der Waals surface area contributed by atoms with Gasteiger partial charge in [-0.2, -0.15) is 0 Å². The maximum absolute atomic E-state index is 9.36. The molecule has 1 unspecified atom stereocenters. The largest absolute Gasteiger partial charge is 0.456 e. The zero-order chi connectivity index (χ0) is 13.0. The number of aromatic nitrogens is 1. The Kier molecular flexibility index (Phi) is 3.95. The molecule has 1 heterocycles. The number of aliphatic hydroxyl groups excluding tert-OH is 1. The van der Waals surface area contributed by atoms with E-state index in [1.807, 2.05) is 30.3 Å². The number of rotatable bonds is 4. The Morgan fingerprint density at radius 1 is 1.11 bits per heavy atom. The van der Waals surface area contributed by atoms with Gasteiger partial charge in [0.05, 0.1) is 18.0 Å². The lowest BCUT2D eigenvalue weighted by molar-refractivity contribution is 0.194. The molecule has 0 radical (unpaired) electrons. The van der Waals surface area contributed by atoms with E-state index in [0.29, 0.717) is 11.4 Å². The zero-order valence-corrected chi connectivity index (χ0v) is 10.6. The SMILES string of the molecule is CCc1ccc(Oc2ccc(C(C)O)nc2)cc1. The molecule has 0 amide bonds. The highest BCUT2D eigenvalue weighted by molar-refractivity contribution is 5.32. The predicted octanol–water partition coefficient (Wildman–Crippen LogP) is 3.49. The number of hydrogen-bond acceptors (Lipinski definition) is 3. The lowest BCUT2D eigenvalue weighted by atomic mass is 10.2. The summed E-state index contributed by atoms with van der Waals surface area (Å²) in [5, 5.41) is 9.36. The molecule has 3 heteroatoms. The summed E-state index contributed by atoms with van der Waals surface area (Å²) < 4.78 is 5.67. The van der Waals surface area contributed by atoms with Crippen molar-refractivity contribution in [1.82, 2.24) is 4.98 Å². The fraction of sp³-hybridized carbons (Fsp3) is 0.267. The van der Waals surface area contributed by atoms with Gasteiger partial charge in [-0.15, -0.1) is 0 Å². The van der Waals surface area contributed by atoms with Crippen LogP contribution in [0.5, 0.6) is 11.5 Å². The third-order valence-corrected chi connectivity index (χ3v) is 2.75. The van der Waals surface area contributed by atoms with Gasteiger partial charge >= 0.3 is 0 Å². The lowest BCUT2D eigenvalue weighted by Gasteiger charge is -2.07. The molecule has 0 spiro atoms. The van der Waals surface area contributed by atoms with Crippen molar-refractivity contribution in [3.05, 3.63) is 53.9 Å². The number of ether oxygens (including phenoxy) is 1. The molecule has 2 rings (SSSR count). The third-order valence-electron chi connectivity index (χ3n) is 2.75. The topological polar surface area (TPSA) is 42.4 Å². The molecule has 2 aromatic rings. The minimum Gasteiger partial charge on any atom is -0.456 e. The van der Waals surface area contributed by atoms with Gasteiger partial charge in [0.15, 0.2) is 0 Å². The van der Waals surface area contributed by atoms with Gasteiger partial charge in [-0.25, -0.2) is 0 Å². The average molecular weight is 243 g/mol. The van der Waals surface area contributed by atoms with Crippen molar-refractivity contribution < 1.29 is 9.84 Å². The molecule has 1 N–H and O–H groups in total. The summed E-state index contributed by atoms with van der Waals surface area (Å²) in [5.74, 6) is 1.46. The van der Waals surface area contributed by atoms with Crippen molar-refractivity contribution in [2.24, 2.45) is 0 Å². The Hall–Kier alpha value is -1.87. The van der Waals surface area contributed by atoms with Gasteiger partial charge in [-0.1, -0.05) is 19.1 Å². The minimum atomic E-state index is -0.553. The minimum absolute atomic E-state index is 0.553. The number of benzene rings is 1. The molecule has 0 fully saturated rings. The van der Waals surface area contributed by atoms with Crippen LogP contribution in [0.3, 0.4) is 0 Å². The quantitative estimate of drug-likeness (QED) is 0.893. The smallest absolute Gasteiger partial charge is 0.145 e. The average Bonchev–Trinajstić information content (AvgIpc) is 2.40. The van der Waals surface area contributed by atoms with E-state index in [9.17, 15) is 5.11 Å². The Morgan fingerprint density at radius 3 is 2.28 bits per heavy atom. The van der Waals surface area contributed by atoms with E-state index in [-0.39, 0.29) is 0 Å². The number of hydrogen-bond donors (Lipinski definition) is 1. The molecule has 94 valence electrons. The first-order chi connectivity index (χ1) is 8.69. The highest BCUT2D eigenvalue weighted by Crippen LogP contribution is 2.22. The second-order valence-corrected chi connectivity index (χ2v) is 4.19. The number of aliphatic hydroxyl groups is 1. The highest BCUT2D eigenvalue weighted by atomic mass is 16.5. The van der Waals surface area contributed by atoms with E-state index < -0.39 is 6.10 Å². The molecular weight excluding hydrogens is 226 g/mol. The highest BCUT2D eigenvalue weighted by Gasteiger charge is 2.03. The fourth-order valence-electron chi connectivity index (χ4n) is 1.63. The van der Waals surface area contributed by atoms with Gasteiger partial charge in [0.2, 0.25) is 0 Å². The summed E-state index contributed by atoms with van der Waals surface area (Å²) in [6.07, 6.45) is 2.09. The van der Waals surface area contributed by atoms with Crippen molar-refractivity contribution in [2.75, 3.05) is 0 Å². The Balaban J connectivity index is 2.08. The summed E-state index contributed by atoms with van der Waals surface area (Å²) in [6, 6.07) is 11.6. The van der Waals surface area contributed by atoms with E-state index >= 15 is 0 Å². The van der Waals surface area contributed by atoms with E-state index in [4.69, 9.17) is 4.74 Å². The predicted molar refractivity (Wildman–Crippen MR) is 70.8 cm³/mol. The molecule has 0 aliphatic carbocycles. The van der Waals surface area contributed by atoms with Crippen molar-refractivity contribution >= 4 is 0 Å². The number of nitrogens with zero attached hydrogens (tertiary/aromatic N) is 1. The molecule has 0 bridgehead atoms. The van der Waals surface area contributed by atoms with E-state index in [1.165, 1.54) is 5.56 Å². The van der Waals surface area contributed by atoms with Crippen LogP contribution in [0, 0.1) is 0 Å². The summed E-state index contributed by atoms with van der Waals surface area (Å²) in [6.45, 7) is 3.81. The molecule has 18 heavy (non-hydrogen) atoms. The van der Waals surface area contributed by atoms with Crippen LogP contribution in [-0.4, -0.2) is 10.1 Å². The van der Waals surface area contributed by atoms with Crippen molar-refractivity contribution in [3.63, 3.8) is 0 Å². The van der Waals surface area contributed by atoms with Gasteiger partial charge in [0, 0.05) is 0 Å². The molecule has 0 saturated heterocycles. The van der Waals surface area contributed by atoms with Crippen LogP contribution >= 0.6 is 0 Å². The van der Waals surface area contributed by atoms with Gasteiger partial charge in [0.25, 0.3) is 0 Å². The maximum atomic E-state index is 9.36. The van der Waals surface area contributed by atoms with Crippen LogP contribution in [-0.2, 0) is 6.42 Å². The van der Waals surface area contributed by atoms with Gasteiger partial charge < -0.3 is 9.84 Å². The summed E-state index contributed by atoms with van der Waals surface area (Å²) in [4.78, 5) is 4.13. The first-order valence-corrected chi connectivity index (χ1v) is 6.10.